The smallest absolute Gasteiger partial charge is 0.855 e. The Morgan fingerprint density at radius 2 is 1.23 bits per heavy atom. The maximum Gasteiger partial charge on any atom is 2.00 e. The van der Waals surface area contributed by atoms with Gasteiger partial charge in [-0.15, -0.1) is 13.2 Å². The van der Waals surface area contributed by atoms with Crippen molar-refractivity contribution in [3.63, 3.8) is 0 Å². The molecule has 3 heteroatoms. The normalized spacial score (nSPS) is 6.92. The van der Waals surface area contributed by atoms with E-state index in [1.807, 2.05) is 0 Å². The third kappa shape index (κ3) is 107. The summed E-state index contributed by atoms with van der Waals surface area (Å²) in [6.45, 7) is 9.07. The zero-order valence-electron chi connectivity index (χ0n) is 9.47. The molecule has 0 aliphatic heterocycles. The van der Waals surface area contributed by atoms with Crippen molar-refractivity contribution in [2.24, 2.45) is 0 Å². The van der Waals surface area contributed by atoms with Crippen molar-refractivity contribution in [2.75, 3.05) is 13.2 Å². The first kappa shape index (κ1) is 23.5. The predicted octanol–water partition coefficient (Wildman–Crippen LogP) is 0.753. The van der Waals surface area contributed by atoms with Crippen LogP contribution in [-0.4, -0.2) is 36.3 Å². The van der Waals surface area contributed by atoms with Crippen LogP contribution in [0.2, 0.25) is 0 Å². The number of hydrogen-bond donors (Lipinski definition) is 0. The molecule has 0 rings (SSSR count). The van der Waals surface area contributed by atoms with E-state index in [4.69, 9.17) is 10.2 Å². The minimum absolute atomic E-state index is 0. The first-order valence-electron chi connectivity index (χ1n) is 4.70. The summed E-state index contributed by atoms with van der Waals surface area (Å²) < 4.78 is 0. The molecule has 0 atom stereocenters. The molecule has 0 aliphatic carbocycles. The first-order chi connectivity index (χ1) is 5.74. The molecule has 13 heavy (non-hydrogen) atoms. The van der Waals surface area contributed by atoms with Gasteiger partial charge in [-0.25, -0.2) is 0 Å². The molecular formula is C10H23MgO2. The van der Waals surface area contributed by atoms with Crippen LogP contribution < -0.4 is 10.2 Å². The van der Waals surface area contributed by atoms with Gasteiger partial charge in [-0.2, -0.15) is 0 Å². The van der Waals surface area contributed by atoms with E-state index >= 15 is 0 Å². The number of unbranched alkanes of at least 4 members (excludes halogenated alkanes) is 3. The van der Waals surface area contributed by atoms with E-state index in [1.165, 1.54) is 19.3 Å². The van der Waals surface area contributed by atoms with Gasteiger partial charge < -0.3 is 10.2 Å². The van der Waals surface area contributed by atoms with Gasteiger partial charge in [0.25, 0.3) is 0 Å². The summed E-state index contributed by atoms with van der Waals surface area (Å²) in [7, 11) is 0. The van der Waals surface area contributed by atoms with E-state index in [2.05, 4.69) is 13.8 Å². The van der Waals surface area contributed by atoms with Gasteiger partial charge in [-0.1, -0.05) is 53.4 Å². The fourth-order valence-electron chi connectivity index (χ4n) is 0.427. The van der Waals surface area contributed by atoms with Crippen LogP contribution in [0.3, 0.4) is 0 Å². The van der Waals surface area contributed by atoms with E-state index in [-0.39, 0.29) is 36.3 Å². The van der Waals surface area contributed by atoms with Crippen molar-refractivity contribution in [1.82, 2.24) is 0 Å². The van der Waals surface area contributed by atoms with Crippen LogP contribution in [-0.2, 0) is 0 Å². The minimum Gasteiger partial charge on any atom is -0.855 e. The number of rotatable bonds is 3. The van der Waals surface area contributed by atoms with Crippen molar-refractivity contribution >= 4 is 23.1 Å². The van der Waals surface area contributed by atoms with Crippen molar-refractivity contribution in [3.8, 4) is 0 Å². The molecular weight excluding hydrogens is 176 g/mol. The van der Waals surface area contributed by atoms with Gasteiger partial charge in [0.15, 0.2) is 0 Å². The average molecular weight is 200 g/mol. The van der Waals surface area contributed by atoms with Gasteiger partial charge in [0.05, 0.1) is 0 Å². The second-order valence-electron chi connectivity index (χ2n) is 2.14. The molecule has 0 aromatic heterocycles. The van der Waals surface area contributed by atoms with Crippen LogP contribution in [0.25, 0.3) is 0 Å². The topological polar surface area (TPSA) is 46.1 Å². The average Bonchev–Trinajstić information content (AvgIpc) is 2.04. The van der Waals surface area contributed by atoms with Crippen molar-refractivity contribution < 1.29 is 10.2 Å². The Morgan fingerprint density at radius 1 is 0.923 bits per heavy atom. The summed E-state index contributed by atoms with van der Waals surface area (Å²) in [5.41, 5.74) is 0. The molecule has 2 nitrogen and oxygen atoms in total. The third-order valence-corrected chi connectivity index (χ3v) is 0.854. The van der Waals surface area contributed by atoms with Gasteiger partial charge in [0, 0.05) is 0 Å². The Balaban J connectivity index is -0.0000000501. The van der Waals surface area contributed by atoms with Gasteiger partial charge in [0.1, 0.15) is 0 Å². The zero-order valence-corrected chi connectivity index (χ0v) is 10.9. The Bertz CT molecular complexity index is 37.9. The predicted molar refractivity (Wildman–Crippen MR) is 56.3 cm³/mol. The SMILES string of the molecule is CC[O-].CC[O-].[CH2]CCCCC.[Mg+2]. The molecule has 0 saturated heterocycles. The van der Waals surface area contributed by atoms with Crippen molar-refractivity contribution in [2.45, 2.75) is 46.5 Å². The van der Waals surface area contributed by atoms with Gasteiger partial charge in [-0.05, 0) is 0 Å². The molecule has 0 aromatic carbocycles. The molecule has 0 spiro atoms. The molecule has 0 N–H and O–H groups in total. The molecule has 1 radical (unpaired) electrons. The van der Waals surface area contributed by atoms with Crippen molar-refractivity contribution in [3.05, 3.63) is 6.92 Å². The van der Waals surface area contributed by atoms with E-state index in [0.717, 1.165) is 6.42 Å². The summed E-state index contributed by atoms with van der Waals surface area (Å²) in [6, 6.07) is 0. The summed E-state index contributed by atoms with van der Waals surface area (Å²) in [5.74, 6) is 0. The van der Waals surface area contributed by atoms with Crippen LogP contribution in [0.4, 0.5) is 0 Å². The van der Waals surface area contributed by atoms with Gasteiger partial charge >= 0.3 is 23.1 Å². The fourth-order valence-corrected chi connectivity index (χ4v) is 0.427. The summed E-state index contributed by atoms with van der Waals surface area (Å²) in [5, 5.41) is 17.9. The Morgan fingerprint density at radius 3 is 1.31 bits per heavy atom. The number of hydrogen-bond acceptors (Lipinski definition) is 2. The maximum absolute atomic E-state index is 8.93. The molecule has 0 aliphatic rings. The van der Waals surface area contributed by atoms with Gasteiger partial charge in [0.2, 0.25) is 0 Å². The molecule has 0 heterocycles. The summed E-state index contributed by atoms with van der Waals surface area (Å²) in [4.78, 5) is 0. The monoisotopic (exact) mass is 199 g/mol. The second-order valence-corrected chi connectivity index (χ2v) is 2.14. The molecule has 0 unspecified atom stereocenters. The fraction of sp³-hybridized carbons (Fsp3) is 0.900. The molecule has 0 saturated carbocycles. The zero-order chi connectivity index (χ0) is 10.2. The molecule has 0 bridgehead atoms. The minimum atomic E-state index is 0. The second kappa shape index (κ2) is 38.8. The van der Waals surface area contributed by atoms with E-state index in [1.54, 1.807) is 13.8 Å². The van der Waals surface area contributed by atoms with Crippen LogP contribution in [0, 0.1) is 6.92 Å². The van der Waals surface area contributed by atoms with Gasteiger partial charge in [-0.3, -0.25) is 0 Å². The summed E-state index contributed by atoms with van der Waals surface area (Å²) >= 11 is 0. The van der Waals surface area contributed by atoms with Crippen LogP contribution in [0.5, 0.6) is 0 Å². The summed E-state index contributed by atoms with van der Waals surface area (Å²) in [6.07, 6.45) is 5.07. The Hall–Kier alpha value is 0.686. The molecule has 0 fully saturated rings. The Labute approximate surface area is 99.9 Å². The standard InChI is InChI=1S/C6H13.2C2H5O.Mg/c1-3-5-6-4-2;2*1-2-3;/h1,3-6H2,2H3;2*2H2,1H3;/q;2*-1;+2. The maximum atomic E-state index is 8.93. The van der Waals surface area contributed by atoms with E-state index in [0.29, 0.717) is 0 Å². The van der Waals surface area contributed by atoms with E-state index in [9.17, 15) is 0 Å². The van der Waals surface area contributed by atoms with Crippen molar-refractivity contribution in [1.29, 1.82) is 0 Å². The largest absolute Gasteiger partial charge is 2.00 e. The third-order valence-electron chi connectivity index (χ3n) is 0.854. The van der Waals surface area contributed by atoms with Crippen LogP contribution >= 0.6 is 0 Å². The first-order valence-corrected chi connectivity index (χ1v) is 4.70. The molecule has 77 valence electrons. The van der Waals surface area contributed by atoms with Crippen LogP contribution in [0.1, 0.15) is 46.5 Å². The molecule has 0 amide bonds. The quantitative estimate of drug-likeness (QED) is 0.498. The molecule has 0 aromatic rings. The van der Waals surface area contributed by atoms with E-state index < -0.39 is 0 Å². The Kier molecular flexibility index (Phi) is 70.0. The van der Waals surface area contributed by atoms with Crippen LogP contribution in [0.15, 0.2) is 0 Å².